The maximum Gasteiger partial charge on any atom is 0.316 e. The van der Waals surface area contributed by atoms with Crippen molar-refractivity contribution in [3.8, 4) is 11.8 Å². The first-order valence-corrected chi connectivity index (χ1v) is 8.73. The highest BCUT2D eigenvalue weighted by Gasteiger charge is 2.35. The van der Waals surface area contributed by atoms with Crippen LogP contribution in [-0.2, 0) is 11.2 Å². The van der Waals surface area contributed by atoms with E-state index in [0.29, 0.717) is 11.0 Å². The van der Waals surface area contributed by atoms with Crippen molar-refractivity contribution in [2.24, 2.45) is 0 Å². The van der Waals surface area contributed by atoms with Gasteiger partial charge < -0.3 is 5.32 Å². The Bertz CT molecular complexity index is 612. The molecule has 0 aromatic heterocycles. The summed E-state index contributed by atoms with van der Waals surface area (Å²) in [5.41, 5.74) is 3.43. The molecule has 0 saturated carbocycles. The third-order valence-electron chi connectivity index (χ3n) is 4.87. The molecule has 3 nitrogen and oxygen atoms in total. The lowest BCUT2D eigenvalue weighted by molar-refractivity contribution is -0.127. The monoisotopic (exact) mass is 312 g/mol. The van der Waals surface area contributed by atoms with Crippen LogP contribution in [0.2, 0.25) is 0 Å². The molecule has 0 spiro atoms. The minimum absolute atomic E-state index is 0.156. The molecule has 1 aliphatic heterocycles. The van der Waals surface area contributed by atoms with E-state index >= 15 is 0 Å². The predicted molar refractivity (Wildman–Crippen MR) is 97.8 cm³/mol. The Hall–Kier alpha value is -1.79. The second-order valence-electron chi connectivity index (χ2n) is 6.21. The van der Waals surface area contributed by atoms with Gasteiger partial charge in [0.1, 0.15) is 5.69 Å². The molecule has 1 unspecified atom stereocenters. The van der Waals surface area contributed by atoms with Crippen molar-refractivity contribution in [1.29, 1.82) is 0 Å². The van der Waals surface area contributed by atoms with Crippen LogP contribution in [0.15, 0.2) is 18.2 Å². The highest BCUT2D eigenvalue weighted by Crippen LogP contribution is 2.38. The largest absolute Gasteiger partial charge is 0.684 e. The second kappa shape index (κ2) is 8.17. The second-order valence-corrected chi connectivity index (χ2v) is 6.21. The SMILES string of the molecule is CC#CC[N+](CC)(C(C)=O)c1cccc2c1CCCCCC[N-]2. The first-order chi connectivity index (χ1) is 11.2. The van der Waals surface area contributed by atoms with E-state index in [1.807, 2.05) is 13.0 Å². The molecule has 0 fully saturated rings. The fraction of sp³-hybridized carbons (Fsp3) is 0.550. The zero-order chi connectivity index (χ0) is 16.7. The molecule has 2 rings (SSSR count). The Morgan fingerprint density at radius 2 is 2.04 bits per heavy atom. The number of amides is 1. The van der Waals surface area contributed by atoms with Gasteiger partial charge in [0, 0.05) is 0 Å². The molecule has 1 amide bonds. The Balaban J connectivity index is 2.56. The standard InChI is InChI=1S/C20H28N2O/c1-4-6-16-22(5-2,17(3)23)20-14-11-13-19-18(20)12-9-7-8-10-15-21-19/h11,13-14H,5,7-10,12,15-16H2,1-3H3. The highest BCUT2D eigenvalue weighted by atomic mass is 16.2. The van der Waals surface area contributed by atoms with Crippen molar-refractivity contribution in [3.05, 3.63) is 29.1 Å². The quantitative estimate of drug-likeness (QED) is 0.587. The summed E-state index contributed by atoms with van der Waals surface area (Å²) in [6, 6.07) is 6.25. The van der Waals surface area contributed by atoms with Crippen LogP contribution >= 0.6 is 0 Å². The van der Waals surface area contributed by atoms with Crippen molar-refractivity contribution < 1.29 is 4.79 Å². The Kier molecular flexibility index (Phi) is 6.24. The third-order valence-corrected chi connectivity index (χ3v) is 4.87. The van der Waals surface area contributed by atoms with E-state index in [9.17, 15) is 4.79 Å². The van der Waals surface area contributed by atoms with E-state index in [1.54, 1.807) is 6.92 Å². The maximum atomic E-state index is 12.6. The van der Waals surface area contributed by atoms with Gasteiger partial charge in [-0.05, 0) is 44.2 Å². The summed E-state index contributed by atoms with van der Waals surface area (Å²) in [5, 5.41) is 4.80. The van der Waals surface area contributed by atoms with Gasteiger partial charge in [0.15, 0.2) is 6.54 Å². The molecule has 0 radical (unpaired) electrons. The summed E-state index contributed by atoms with van der Waals surface area (Å²) < 4.78 is 0.305. The average molecular weight is 312 g/mol. The zero-order valence-corrected chi connectivity index (χ0v) is 14.7. The van der Waals surface area contributed by atoms with Gasteiger partial charge in [0.05, 0.1) is 13.5 Å². The lowest BCUT2D eigenvalue weighted by Gasteiger charge is -2.36. The first-order valence-electron chi connectivity index (χ1n) is 8.73. The van der Waals surface area contributed by atoms with Gasteiger partial charge in [0.25, 0.3) is 0 Å². The Labute approximate surface area is 140 Å². The first kappa shape index (κ1) is 17.6. The molecule has 1 heterocycles. The highest BCUT2D eigenvalue weighted by molar-refractivity contribution is 5.89. The molecule has 1 aliphatic rings. The van der Waals surface area contributed by atoms with Crippen LogP contribution in [0.25, 0.3) is 5.32 Å². The number of carbonyl (C=O) groups is 1. The molecule has 0 bridgehead atoms. The molecule has 0 aliphatic carbocycles. The summed E-state index contributed by atoms with van der Waals surface area (Å²) in [4.78, 5) is 12.6. The van der Waals surface area contributed by atoms with Gasteiger partial charge >= 0.3 is 5.91 Å². The zero-order valence-electron chi connectivity index (χ0n) is 14.7. The summed E-state index contributed by atoms with van der Waals surface area (Å²) >= 11 is 0. The number of rotatable bonds is 3. The number of carbonyl (C=O) groups excluding carboxylic acids is 1. The smallest absolute Gasteiger partial charge is 0.316 e. The minimum Gasteiger partial charge on any atom is -0.684 e. The summed E-state index contributed by atoms with van der Waals surface area (Å²) in [6.07, 6.45) is 5.81. The Morgan fingerprint density at radius 1 is 1.26 bits per heavy atom. The third kappa shape index (κ3) is 3.76. The molecule has 124 valence electrons. The van der Waals surface area contributed by atoms with Gasteiger partial charge in [-0.2, -0.15) is 0 Å². The van der Waals surface area contributed by atoms with Crippen LogP contribution in [0.3, 0.4) is 0 Å². The molecule has 23 heavy (non-hydrogen) atoms. The molecule has 1 aromatic carbocycles. The molecular formula is C20H28N2O. The average Bonchev–Trinajstić information content (AvgIpc) is 2.67. The van der Waals surface area contributed by atoms with Crippen LogP contribution < -0.4 is 4.48 Å². The molecule has 1 atom stereocenters. The summed E-state index contributed by atoms with van der Waals surface area (Å²) in [6.45, 7) is 7.74. The summed E-state index contributed by atoms with van der Waals surface area (Å²) in [5.74, 6) is 6.25. The van der Waals surface area contributed by atoms with Gasteiger partial charge in [-0.3, -0.25) is 0 Å². The molecular weight excluding hydrogens is 284 g/mol. The molecule has 0 saturated heterocycles. The molecule has 0 N–H and O–H groups in total. The van der Waals surface area contributed by atoms with Gasteiger partial charge in [0.2, 0.25) is 0 Å². The number of nitrogens with zero attached hydrogens (tertiary/aromatic N) is 2. The van der Waals surface area contributed by atoms with Crippen LogP contribution in [0.5, 0.6) is 0 Å². The minimum atomic E-state index is 0.156. The van der Waals surface area contributed by atoms with E-state index < -0.39 is 0 Å². The number of hydrogen-bond acceptors (Lipinski definition) is 1. The van der Waals surface area contributed by atoms with Gasteiger partial charge in [-0.15, -0.1) is 18.2 Å². The number of fused-ring (bicyclic) bond motifs is 1. The number of quaternary nitrogens is 1. The van der Waals surface area contributed by atoms with Crippen molar-refractivity contribution in [1.82, 2.24) is 4.48 Å². The number of benzene rings is 1. The molecule has 3 heteroatoms. The van der Waals surface area contributed by atoms with E-state index in [-0.39, 0.29) is 5.91 Å². The van der Waals surface area contributed by atoms with Gasteiger partial charge in [-0.1, -0.05) is 31.4 Å². The number of hydrogen-bond donors (Lipinski definition) is 0. The molecule has 1 aromatic rings. The predicted octanol–water partition coefficient (Wildman–Crippen LogP) is 4.71. The van der Waals surface area contributed by atoms with E-state index in [0.717, 1.165) is 37.3 Å². The van der Waals surface area contributed by atoms with Crippen molar-refractivity contribution in [2.75, 3.05) is 19.6 Å². The van der Waals surface area contributed by atoms with E-state index in [4.69, 9.17) is 5.32 Å². The van der Waals surface area contributed by atoms with E-state index in [2.05, 4.69) is 30.9 Å². The fourth-order valence-corrected chi connectivity index (χ4v) is 3.42. The van der Waals surface area contributed by atoms with E-state index in [1.165, 1.54) is 24.8 Å². The lowest BCUT2D eigenvalue weighted by Crippen LogP contribution is -2.53. The normalized spacial score (nSPS) is 17.2. The lowest BCUT2D eigenvalue weighted by atomic mass is 10.0. The fourth-order valence-electron chi connectivity index (χ4n) is 3.42. The van der Waals surface area contributed by atoms with Crippen LogP contribution in [0, 0.1) is 11.8 Å². The van der Waals surface area contributed by atoms with Crippen molar-refractivity contribution >= 4 is 17.3 Å². The van der Waals surface area contributed by atoms with Crippen molar-refractivity contribution in [2.45, 2.75) is 52.9 Å². The summed E-state index contributed by atoms with van der Waals surface area (Å²) in [7, 11) is 0. The van der Waals surface area contributed by atoms with Crippen LogP contribution in [-0.4, -0.2) is 25.5 Å². The Morgan fingerprint density at radius 3 is 2.74 bits per heavy atom. The van der Waals surface area contributed by atoms with Crippen LogP contribution in [0.1, 0.15) is 52.0 Å². The van der Waals surface area contributed by atoms with Crippen LogP contribution in [0.4, 0.5) is 11.4 Å². The van der Waals surface area contributed by atoms with Gasteiger partial charge in [-0.25, -0.2) is 9.28 Å². The van der Waals surface area contributed by atoms with Crippen molar-refractivity contribution in [3.63, 3.8) is 0 Å². The maximum absolute atomic E-state index is 12.6. The topological polar surface area (TPSA) is 31.2 Å².